The maximum Gasteiger partial charge on any atom is 0.227 e. The van der Waals surface area contributed by atoms with Crippen molar-refractivity contribution in [1.82, 2.24) is 15.3 Å². The summed E-state index contributed by atoms with van der Waals surface area (Å²) in [6, 6.07) is 8.19. The van der Waals surface area contributed by atoms with Crippen LogP contribution in [0.4, 0.5) is 21.8 Å². The zero-order valence-corrected chi connectivity index (χ0v) is 15.2. The Morgan fingerprint density at radius 3 is 2.89 bits per heavy atom. The molecule has 1 amide bonds. The molecular weight excluding hydrogens is 345 g/mol. The van der Waals surface area contributed by atoms with E-state index < -0.39 is 0 Å². The highest BCUT2D eigenvalue weighted by atomic mass is 19.1. The summed E-state index contributed by atoms with van der Waals surface area (Å²) in [4.78, 5) is 23.3. The van der Waals surface area contributed by atoms with Crippen molar-refractivity contribution in [2.75, 3.05) is 29.9 Å². The quantitative estimate of drug-likeness (QED) is 0.819. The van der Waals surface area contributed by atoms with Gasteiger partial charge in [0.05, 0.1) is 11.6 Å². The number of hydrogen-bond acceptors (Lipinski definition) is 5. The van der Waals surface area contributed by atoms with Gasteiger partial charge in [0.15, 0.2) is 0 Å². The molecule has 1 aliphatic carbocycles. The average Bonchev–Trinajstić information content (AvgIpc) is 3.53. The normalized spacial score (nSPS) is 19.6. The fourth-order valence-corrected chi connectivity index (χ4v) is 3.35. The van der Waals surface area contributed by atoms with Gasteiger partial charge in [-0.1, -0.05) is 12.1 Å². The summed E-state index contributed by atoms with van der Waals surface area (Å²) in [5.74, 6) is 1.54. The molecule has 0 spiro atoms. The number of carbonyl (C=O) groups excluding carboxylic acids is 1. The van der Waals surface area contributed by atoms with Crippen molar-refractivity contribution in [3.8, 4) is 0 Å². The van der Waals surface area contributed by atoms with E-state index >= 15 is 0 Å². The summed E-state index contributed by atoms with van der Waals surface area (Å²) in [6.07, 6.45) is 5.93. The van der Waals surface area contributed by atoms with Crippen LogP contribution in [0.25, 0.3) is 0 Å². The second-order valence-corrected chi connectivity index (χ2v) is 7.32. The van der Waals surface area contributed by atoms with Crippen LogP contribution < -0.4 is 15.5 Å². The van der Waals surface area contributed by atoms with Gasteiger partial charge in [0.1, 0.15) is 11.6 Å². The van der Waals surface area contributed by atoms with Crippen LogP contribution in [-0.4, -0.2) is 35.5 Å². The van der Waals surface area contributed by atoms with Crippen LogP contribution in [0.1, 0.15) is 25.7 Å². The molecule has 2 N–H and O–H groups in total. The van der Waals surface area contributed by atoms with Gasteiger partial charge in [-0.15, -0.1) is 0 Å². The van der Waals surface area contributed by atoms with Crippen molar-refractivity contribution < 1.29 is 9.18 Å². The Labute approximate surface area is 158 Å². The molecule has 1 saturated heterocycles. The molecule has 1 saturated carbocycles. The number of rotatable bonds is 6. The van der Waals surface area contributed by atoms with Crippen molar-refractivity contribution in [3.63, 3.8) is 0 Å². The second kappa shape index (κ2) is 7.90. The van der Waals surface area contributed by atoms with Crippen LogP contribution in [0.15, 0.2) is 36.5 Å². The predicted molar refractivity (Wildman–Crippen MR) is 102 cm³/mol. The van der Waals surface area contributed by atoms with Gasteiger partial charge in [-0.25, -0.2) is 9.37 Å². The van der Waals surface area contributed by atoms with Crippen LogP contribution in [-0.2, 0) is 4.79 Å². The van der Waals surface area contributed by atoms with E-state index in [2.05, 4.69) is 20.6 Å². The molecule has 1 atom stereocenters. The molecule has 0 bridgehead atoms. The van der Waals surface area contributed by atoms with Crippen LogP contribution in [0, 0.1) is 17.7 Å². The molecule has 1 aliphatic heterocycles. The van der Waals surface area contributed by atoms with Crippen LogP contribution in [0.2, 0.25) is 0 Å². The van der Waals surface area contributed by atoms with Gasteiger partial charge in [0.2, 0.25) is 11.9 Å². The van der Waals surface area contributed by atoms with Crippen LogP contribution in [0.3, 0.4) is 0 Å². The van der Waals surface area contributed by atoms with Gasteiger partial charge in [0.25, 0.3) is 0 Å². The van der Waals surface area contributed by atoms with E-state index in [4.69, 9.17) is 0 Å². The van der Waals surface area contributed by atoms with E-state index in [0.717, 1.165) is 25.9 Å². The number of para-hydroxylation sites is 1. The Kier molecular flexibility index (Phi) is 5.18. The van der Waals surface area contributed by atoms with E-state index in [1.165, 1.54) is 18.9 Å². The number of nitrogens with one attached hydrogen (secondary N) is 2. The van der Waals surface area contributed by atoms with Gasteiger partial charge in [-0.3, -0.25) is 4.79 Å². The maximum atomic E-state index is 13.8. The second-order valence-electron chi connectivity index (χ2n) is 7.32. The molecular formula is C20H24FN5O. The lowest BCUT2D eigenvalue weighted by Gasteiger charge is -2.32. The summed E-state index contributed by atoms with van der Waals surface area (Å²) in [6.45, 7) is 2.23. The molecule has 2 fully saturated rings. The fourth-order valence-electron chi connectivity index (χ4n) is 3.35. The van der Waals surface area contributed by atoms with Gasteiger partial charge >= 0.3 is 0 Å². The Hall–Kier alpha value is -2.70. The van der Waals surface area contributed by atoms with Gasteiger partial charge in [-0.2, -0.15) is 4.98 Å². The third-order valence-electron chi connectivity index (χ3n) is 5.12. The Morgan fingerprint density at radius 2 is 2.07 bits per heavy atom. The third-order valence-corrected chi connectivity index (χ3v) is 5.12. The summed E-state index contributed by atoms with van der Waals surface area (Å²) >= 11 is 0. The molecule has 27 heavy (non-hydrogen) atoms. The lowest BCUT2D eigenvalue weighted by Crippen LogP contribution is -2.44. The summed E-state index contributed by atoms with van der Waals surface area (Å²) in [7, 11) is 0. The van der Waals surface area contributed by atoms with Gasteiger partial charge < -0.3 is 15.5 Å². The summed E-state index contributed by atoms with van der Waals surface area (Å²) < 4.78 is 13.8. The lowest BCUT2D eigenvalue weighted by atomic mass is 9.97. The van der Waals surface area contributed by atoms with Gasteiger partial charge in [0, 0.05) is 25.8 Å². The van der Waals surface area contributed by atoms with Crippen LogP contribution in [0.5, 0.6) is 0 Å². The number of aromatic nitrogens is 2. The molecule has 1 unspecified atom stereocenters. The summed E-state index contributed by atoms with van der Waals surface area (Å²) in [5.41, 5.74) is 0.373. The maximum absolute atomic E-state index is 13.8. The number of halogens is 1. The minimum Gasteiger partial charge on any atom is -0.356 e. The molecule has 4 rings (SSSR count). The van der Waals surface area contributed by atoms with E-state index in [1.807, 2.05) is 4.90 Å². The first-order valence-corrected chi connectivity index (χ1v) is 9.56. The van der Waals surface area contributed by atoms with E-state index in [1.54, 1.807) is 30.5 Å². The standard InChI is InChI=1S/C20H24FN5O/c21-16-5-1-2-6-17(16)24-18-9-10-22-20(25-18)26-11-3-4-15(13-26)19(27)23-12-14-7-8-14/h1-2,5-6,9-10,14-15H,3-4,7-8,11-13H2,(H,23,27)(H,22,24,25). The Balaban J connectivity index is 1.41. The van der Waals surface area contributed by atoms with Crippen LogP contribution >= 0.6 is 0 Å². The minimum atomic E-state index is -0.331. The van der Waals surface area contributed by atoms with E-state index in [-0.39, 0.29) is 17.6 Å². The van der Waals surface area contributed by atoms with Crippen molar-refractivity contribution in [2.45, 2.75) is 25.7 Å². The molecule has 0 radical (unpaired) electrons. The Bertz CT molecular complexity index is 810. The highest BCUT2D eigenvalue weighted by molar-refractivity contribution is 5.79. The third kappa shape index (κ3) is 4.53. The molecule has 1 aromatic heterocycles. The lowest BCUT2D eigenvalue weighted by molar-refractivity contribution is -0.125. The number of benzene rings is 1. The number of hydrogen-bond donors (Lipinski definition) is 2. The number of carbonyl (C=O) groups is 1. The summed E-state index contributed by atoms with van der Waals surface area (Å²) in [5, 5.41) is 6.07. The number of nitrogens with zero attached hydrogens (tertiary/aromatic N) is 3. The topological polar surface area (TPSA) is 70.2 Å². The molecule has 2 aliphatic rings. The highest BCUT2D eigenvalue weighted by Gasteiger charge is 2.29. The molecule has 7 heteroatoms. The van der Waals surface area contributed by atoms with Crippen molar-refractivity contribution in [2.24, 2.45) is 11.8 Å². The smallest absolute Gasteiger partial charge is 0.227 e. The molecule has 142 valence electrons. The molecule has 6 nitrogen and oxygen atoms in total. The number of amides is 1. The first kappa shape index (κ1) is 17.7. The van der Waals surface area contributed by atoms with Crippen molar-refractivity contribution in [3.05, 3.63) is 42.3 Å². The molecule has 2 aromatic rings. The van der Waals surface area contributed by atoms with E-state index in [9.17, 15) is 9.18 Å². The number of piperidine rings is 1. The zero-order chi connectivity index (χ0) is 18.6. The number of anilines is 3. The van der Waals surface area contributed by atoms with Crippen molar-refractivity contribution in [1.29, 1.82) is 0 Å². The SMILES string of the molecule is O=C(NCC1CC1)C1CCCN(c2nccc(Nc3ccccc3F)n2)C1. The monoisotopic (exact) mass is 369 g/mol. The minimum absolute atomic E-state index is 0.0377. The fraction of sp³-hybridized carbons (Fsp3) is 0.450. The first-order chi connectivity index (χ1) is 13.2. The zero-order valence-electron chi connectivity index (χ0n) is 15.2. The first-order valence-electron chi connectivity index (χ1n) is 9.56. The highest BCUT2D eigenvalue weighted by Crippen LogP contribution is 2.28. The van der Waals surface area contributed by atoms with E-state index in [0.29, 0.717) is 29.9 Å². The predicted octanol–water partition coefficient (Wildman–Crippen LogP) is 3.10. The van der Waals surface area contributed by atoms with Gasteiger partial charge in [-0.05, 0) is 49.8 Å². The molecule has 2 heterocycles. The van der Waals surface area contributed by atoms with Crippen molar-refractivity contribution >= 4 is 23.4 Å². The average molecular weight is 369 g/mol. The molecule has 1 aromatic carbocycles. The largest absolute Gasteiger partial charge is 0.356 e. The Morgan fingerprint density at radius 1 is 1.22 bits per heavy atom.